The molecule has 3 rings (SSSR count). The molecular weight excluding hydrogens is 343 g/mol. The number of nitrogens with two attached hydrogens (primary N) is 1. The fourth-order valence-corrected chi connectivity index (χ4v) is 2.76. The smallest absolute Gasteiger partial charge is 0.534 e. The molecule has 1 aliphatic heterocycles. The Labute approximate surface area is 148 Å². The summed E-state index contributed by atoms with van der Waals surface area (Å²) in [7, 11) is -1.37. The molecule has 26 heavy (non-hydrogen) atoms. The first-order valence-electron chi connectivity index (χ1n) is 7.94. The van der Waals surface area contributed by atoms with Crippen molar-refractivity contribution in [2.75, 3.05) is 6.54 Å². The molecule has 1 amide bonds. The summed E-state index contributed by atoms with van der Waals surface area (Å²) in [6, 6.07) is 4.67. The van der Waals surface area contributed by atoms with E-state index >= 15 is 0 Å². The summed E-state index contributed by atoms with van der Waals surface area (Å²) < 4.78 is 6.77. The lowest BCUT2D eigenvalue weighted by Gasteiger charge is -2.28. The maximum Gasteiger partial charge on any atom is 0.547 e. The van der Waals surface area contributed by atoms with E-state index in [0.717, 1.165) is 0 Å². The molecule has 1 unspecified atom stereocenters. The predicted octanol–water partition coefficient (Wildman–Crippen LogP) is -1.99. The molecule has 12 heteroatoms. The third kappa shape index (κ3) is 3.65. The average Bonchev–Trinajstić information content (AvgIpc) is 3.02. The minimum Gasteiger partial charge on any atom is -0.534 e. The van der Waals surface area contributed by atoms with Crippen molar-refractivity contribution in [1.82, 2.24) is 25.5 Å². The first-order valence-corrected chi connectivity index (χ1v) is 7.94. The lowest BCUT2D eigenvalue weighted by atomic mass is 9.72. The maximum absolute atomic E-state index is 12.3. The number of carbonyl (C=O) groups is 2. The van der Waals surface area contributed by atoms with Gasteiger partial charge in [-0.25, -0.2) is 9.48 Å². The van der Waals surface area contributed by atoms with Crippen LogP contribution >= 0.6 is 0 Å². The third-order valence-electron chi connectivity index (χ3n) is 3.96. The van der Waals surface area contributed by atoms with Crippen molar-refractivity contribution < 1.29 is 24.4 Å². The van der Waals surface area contributed by atoms with Gasteiger partial charge in [-0.3, -0.25) is 4.79 Å². The van der Waals surface area contributed by atoms with Gasteiger partial charge in [0.25, 0.3) is 0 Å². The zero-order chi connectivity index (χ0) is 18.7. The van der Waals surface area contributed by atoms with Crippen LogP contribution in [0.1, 0.15) is 21.7 Å². The Morgan fingerprint density at radius 3 is 3.00 bits per heavy atom. The molecule has 0 saturated heterocycles. The zero-order valence-electron chi connectivity index (χ0n) is 13.7. The molecule has 1 aromatic heterocycles. The molecule has 0 spiro atoms. The minimum absolute atomic E-state index is 0.0349. The third-order valence-corrected chi connectivity index (χ3v) is 3.96. The van der Waals surface area contributed by atoms with Gasteiger partial charge in [0.15, 0.2) is 5.82 Å². The maximum atomic E-state index is 12.3. The Morgan fingerprint density at radius 2 is 2.27 bits per heavy atom. The van der Waals surface area contributed by atoms with Crippen LogP contribution in [0.5, 0.6) is 5.75 Å². The number of aromatic nitrogens is 4. The van der Waals surface area contributed by atoms with Crippen LogP contribution in [0.2, 0.25) is 0 Å². The standard InChI is InChI=1S/C14H17BN6O5/c16-4-5-21-11(18-19-20-21)7-12(22)17-10-6-8-2-1-3-9(14(23)24)13(8)26-15(10)25/h1-3,10,25H,4-7,16H2,(H,17,22)(H,23,24). The van der Waals surface area contributed by atoms with E-state index in [0.29, 0.717) is 24.5 Å². The van der Waals surface area contributed by atoms with E-state index in [-0.39, 0.29) is 24.2 Å². The largest absolute Gasteiger partial charge is 0.547 e. The average molecular weight is 360 g/mol. The van der Waals surface area contributed by atoms with Gasteiger partial charge in [0.1, 0.15) is 5.75 Å². The molecule has 0 saturated carbocycles. The van der Waals surface area contributed by atoms with Crippen LogP contribution in [0.25, 0.3) is 0 Å². The van der Waals surface area contributed by atoms with Crippen LogP contribution in [0.3, 0.4) is 0 Å². The normalized spacial score (nSPS) is 15.9. The summed E-state index contributed by atoms with van der Waals surface area (Å²) in [5.41, 5.74) is 6.01. The molecule has 5 N–H and O–H groups in total. The fourth-order valence-electron chi connectivity index (χ4n) is 2.76. The van der Waals surface area contributed by atoms with Gasteiger partial charge in [-0.2, -0.15) is 0 Å². The molecular formula is C14H17BN6O5. The number of fused-ring (bicyclic) bond motifs is 1. The Kier molecular flexibility index (Phi) is 5.14. The van der Waals surface area contributed by atoms with Crippen molar-refractivity contribution in [1.29, 1.82) is 0 Å². The van der Waals surface area contributed by atoms with Crippen molar-refractivity contribution in [3.63, 3.8) is 0 Å². The number of carbonyl (C=O) groups excluding carboxylic acids is 1. The highest BCUT2D eigenvalue weighted by Crippen LogP contribution is 2.30. The number of para-hydroxylation sites is 1. The Morgan fingerprint density at radius 1 is 1.46 bits per heavy atom. The minimum atomic E-state index is -1.37. The fraction of sp³-hybridized carbons (Fsp3) is 0.357. The molecule has 2 aromatic rings. The number of carboxylic acid groups (broad SMARTS) is 1. The lowest BCUT2D eigenvalue weighted by Crippen LogP contribution is -2.53. The summed E-state index contributed by atoms with van der Waals surface area (Å²) in [5.74, 6) is -1.80. The van der Waals surface area contributed by atoms with Gasteiger partial charge in [-0.05, 0) is 28.5 Å². The Hall–Kier alpha value is -2.99. The van der Waals surface area contributed by atoms with E-state index in [2.05, 4.69) is 20.8 Å². The van der Waals surface area contributed by atoms with Gasteiger partial charge < -0.3 is 25.8 Å². The van der Waals surface area contributed by atoms with Gasteiger partial charge in [-0.15, -0.1) is 5.10 Å². The second-order valence-corrected chi connectivity index (χ2v) is 5.77. The quantitative estimate of drug-likeness (QED) is 0.427. The molecule has 0 aliphatic carbocycles. The number of hydrogen-bond acceptors (Lipinski definition) is 8. The first-order chi connectivity index (χ1) is 12.5. The van der Waals surface area contributed by atoms with E-state index in [1.54, 1.807) is 12.1 Å². The number of hydrogen-bond donors (Lipinski definition) is 4. The molecule has 2 heterocycles. The number of nitrogens with one attached hydrogen (secondary N) is 1. The zero-order valence-corrected chi connectivity index (χ0v) is 13.7. The van der Waals surface area contributed by atoms with Crippen LogP contribution < -0.4 is 15.7 Å². The van der Waals surface area contributed by atoms with Gasteiger partial charge >= 0.3 is 13.1 Å². The van der Waals surface area contributed by atoms with E-state index in [1.807, 2.05) is 0 Å². The van der Waals surface area contributed by atoms with Crippen molar-refractivity contribution >= 4 is 19.0 Å². The van der Waals surface area contributed by atoms with Crippen molar-refractivity contribution in [2.24, 2.45) is 5.73 Å². The van der Waals surface area contributed by atoms with Crippen LogP contribution in [0.4, 0.5) is 0 Å². The molecule has 1 aromatic carbocycles. The number of aromatic carboxylic acids is 1. The highest BCUT2D eigenvalue weighted by molar-refractivity contribution is 6.47. The van der Waals surface area contributed by atoms with Gasteiger partial charge in [-0.1, -0.05) is 12.1 Å². The van der Waals surface area contributed by atoms with Gasteiger partial charge in [0, 0.05) is 6.54 Å². The van der Waals surface area contributed by atoms with E-state index in [1.165, 1.54) is 10.7 Å². The van der Waals surface area contributed by atoms with Crippen LogP contribution in [0.15, 0.2) is 18.2 Å². The molecule has 136 valence electrons. The Balaban J connectivity index is 1.69. The summed E-state index contributed by atoms with van der Waals surface area (Å²) in [5, 5.41) is 33.0. The van der Waals surface area contributed by atoms with Gasteiger partial charge in [0.05, 0.1) is 24.5 Å². The summed E-state index contributed by atoms with van der Waals surface area (Å²) in [4.78, 5) is 23.5. The van der Waals surface area contributed by atoms with Crippen molar-refractivity contribution in [3.05, 3.63) is 35.2 Å². The molecule has 0 bridgehead atoms. The monoisotopic (exact) mass is 360 g/mol. The van der Waals surface area contributed by atoms with E-state index in [4.69, 9.17) is 10.4 Å². The SMILES string of the molecule is NCCn1nnnc1CC(=O)NC1Cc2cccc(C(=O)O)c2OB1O. The molecule has 0 fully saturated rings. The summed E-state index contributed by atoms with van der Waals surface area (Å²) >= 11 is 0. The number of tetrazole rings is 1. The molecule has 11 nitrogen and oxygen atoms in total. The molecule has 1 aliphatic rings. The number of amides is 1. The second-order valence-electron chi connectivity index (χ2n) is 5.77. The summed E-state index contributed by atoms with van der Waals surface area (Å²) in [6.45, 7) is 0.716. The lowest BCUT2D eigenvalue weighted by molar-refractivity contribution is -0.121. The van der Waals surface area contributed by atoms with E-state index in [9.17, 15) is 19.7 Å². The van der Waals surface area contributed by atoms with Crippen LogP contribution in [-0.2, 0) is 24.2 Å². The topological polar surface area (TPSA) is 165 Å². The number of rotatable bonds is 6. The number of benzene rings is 1. The number of nitrogens with zero attached hydrogens (tertiary/aromatic N) is 4. The predicted molar refractivity (Wildman–Crippen MR) is 88.2 cm³/mol. The van der Waals surface area contributed by atoms with Gasteiger partial charge in [0.2, 0.25) is 5.91 Å². The van der Waals surface area contributed by atoms with E-state index < -0.39 is 24.9 Å². The number of carboxylic acids is 1. The molecule has 1 atom stereocenters. The van der Waals surface area contributed by atoms with Crippen molar-refractivity contribution in [3.8, 4) is 5.75 Å². The van der Waals surface area contributed by atoms with Crippen LogP contribution in [0, 0.1) is 0 Å². The molecule has 0 radical (unpaired) electrons. The highest BCUT2D eigenvalue weighted by atomic mass is 16.5. The van der Waals surface area contributed by atoms with Crippen molar-refractivity contribution in [2.45, 2.75) is 25.3 Å². The van der Waals surface area contributed by atoms with Crippen LogP contribution in [-0.4, -0.2) is 61.8 Å². The Bertz CT molecular complexity index is 828. The second kappa shape index (κ2) is 7.50. The first kappa shape index (κ1) is 17.8. The summed E-state index contributed by atoms with van der Waals surface area (Å²) in [6.07, 6.45) is 0.148. The highest BCUT2D eigenvalue weighted by Gasteiger charge is 2.37.